The Bertz CT molecular complexity index is 921. The number of benzene rings is 1. The van der Waals surface area contributed by atoms with Crippen LogP contribution in [0.25, 0.3) is 0 Å². The van der Waals surface area contributed by atoms with Gasteiger partial charge in [-0.25, -0.2) is 0 Å². The highest BCUT2D eigenvalue weighted by Gasteiger charge is 2.33. The van der Waals surface area contributed by atoms with Crippen LogP contribution in [0.2, 0.25) is 0 Å². The Morgan fingerprint density at radius 1 is 1.03 bits per heavy atom. The molecule has 2 aliphatic heterocycles. The van der Waals surface area contributed by atoms with Crippen LogP contribution in [0.5, 0.6) is 0 Å². The van der Waals surface area contributed by atoms with Gasteiger partial charge in [-0.3, -0.25) is 39.5 Å². The third-order valence-electron chi connectivity index (χ3n) is 5.30. The maximum atomic E-state index is 13.0. The first-order valence-electron chi connectivity index (χ1n) is 9.78. The number of carbonyl (C=O) groups is 3. The zero-order valence-electron chi connectivity index (χ0n) is 16.6. The highest BCUT2D eigenvalue weighted by molar-refractivity contribution is 5.98. The van der Waals surface area contributed by atoms with Crippen molar-refractivity contribution in [3.8, 4) is 0 Å². The number of non-ortho nitro benzene ring substituents is 1. The van der Waals surface area contributed by atoms with Gasteiger partial charge < -0.3 is 15.5 Å². The molecule has 13 heteroatoms. The Morgan fingerprint density at radius 2 is 1.74 bits per heavy atom. The molecule has 31 heavy (non-hydrogen) atoms. The van der Waals surface area contributed by atoms with Gasteiger partial charge in [0.2, 0.25) is 11.8 Å². The van der Waals surface area contributed by atoms with Gasteiger partial charge in [-0.2, -0.15) is 0 Å². The van der Waals surface area contributed by atoms with Crippen LogP contribution in [0, 0.1) is 20.2 Å². The van der Waals surface area contributed by atoms with Crippen molar-refractivity contribution < 1.29 is 24.2 Å². The summed E-state index contributed by atoms with van der Waals surface area (Å²) in [5, 5.41) is 27.7. The smallest absolute Gasteiger partial charge is 0.289 e. The van der Waals surface area contributed by atoms with Crippen LogP contribution in [-0.4, -0.2) is 82.7 Å². The fourth-order valence-corrected chi connectivity index (χ4v) is 3.77. The highest BCUT2D eigenvalue weighted by atomic mass is 16.6. The van der Waals surface area contributed by atoms with Crippen molar-refractivity contribution in [2.24, 2.45) is 0 Å². The summed E-state index contributed by atoms with van der Waals surface area (Å²) in [6.45, 7) is 1.08. The first-order valence-corrected chi connectivity index (χ1v) is 9.78. The fraction of sp³-hybridized carbons (Fsp3) is 0.500. The van der Waals surface area contributed by atoms with Crippen LogP contribution in [0.4, 0.5) is 11.4 Å². The maximum absolute atomic E-state index is 13.0. The summed E-state index contributed by atoms with van der Waals surface area (Å²) in [5.74, 6) is -1.24. The molecule has 166 valence electrons. The van der Waals surface area contributed by atoms with Gasteiger partial charge in [-0.15, -0.1) is 0 Å². The van der Waals surface area contributed by atoms with Gasteiger partial charge in [0.25, 0.3) is 17.3 Å². The van der Waals surface area contributed by atoms with Gasteiger partial charge >= 0.3 is 0 Å². The maximum Gasteiger partial charge on any atom is 0.289 e. The molecule has 3 amide bonds. The molecule has 0 radical (unpaired) electrons. The zero-order chi connectivity index (χ0) is 22.5. The van der Waals surface area contributed by atoms with Crippen LogP contribution < -0.4 is 10.6 Å². The normalized spacial score (nSPS) is 20.6. The van der Waals surface area contributed by atoms with Crippen LogP contribution >= 0.6 is 0 Å². The van der Waals surface area contributed by atoms with Gasteiger partial charge in [-0.05, 0) is 25.5 Å². The van der Waals surface area contributed by atoms with Crippen molar-refractivity contribution in [2.45, 2.75) is 18.9 Å². The Kier molecular flexibility index (Phi) is 6.74. The lowest BCUT2D eigenvalue weighted by molar-refractivity contribution is -0.394. The monoisotopic (exact) mass is 434 g/mol. The Balaban J connectivity index is 1.80. The van der Waals surface area contributed by atoms with E-state index in [0.717, 1.165) is 24.6 Å². The van der Waals surface area contributed by atoms with E-state index in [1.807, 2.05) is 4.90 Å². The van der Waals surface area contributed by atoms with Crippen molar-refractivity contribution in [1.29, 1.82) is 0 Å². The number of nitro benzene ring substituents is 2. The molecule has 1 atom stereocenters. The van der Waals surface area contributed by atoms with Gasteiger partial charge in [0, 0.05) is 32.2 Å². The predicted octanol–water partition coefficient (Wildman–Crippen LogP) is -0.344. The number of amides is 3. The van der Waals surface area contributed by atoms with Crippen molar-refractivity contribution in [1.82, 2.24) is 20.4 Å². The summed E-state index contributed by atoms with van der Waals surface area (Å²) >= 11 is 0. The quantitative estimate of drug-likeness (QED) is 0.481. The molecule has 0 saturated carbocycles. The minimum absolute atomic E-state index is 0.0536. The third kappa shape index (κ3) is 5.12. The number of rotatable bonds is 3. The van der Waals surface area contributed by atoms with Crippen LogP contribution in [0.1, 0.15) is 23.2 Å². The summed E-state index contributed by atoms with van der Waals surface area (Å²) in [4.78, 5) is 61.4. The van der Waals surface area contributed by atoms with Gasteiger partial charge in [0.15, 0.2) is 0 Å². The predicted molar refractivity (Wildman–Crippen MR) is 106 cm³/mol. The molecule has 2 fully saturated rings. The summed E-state index contributed by atoms with van der Waals surface area (Å²) in [6, 6.07) is 2.39. The second-order valence-electron chi connectivity index (χ2n) is 7.28. The molecule has 3 rings (SSSR count). The average Bonchev–Trinajstić information content (AvgIpc) is 3.18. The molecule has 0 spiro atoms. The third-order valence-corrected chi connectivity index (χ3v) is 5.30. The molecule has 1 aromatic carbocycles. The standard InChI is InChI=1S/C18H22N6O7/c25-16-11-22-7-1-2-14(22)17(26)20-6-9-21(8-5-19-16)18(27)13-4-3-12(23(28)29)10-15(13)24(30)31/h3-4,10,14H,1-2,5-9,11H2,(H,19,25)(H,20,26)/t14-/m0/s1. The molecule has 1 aromatic rings. The molecule has 0 unspecified atom stereocenters. The topological polar surface area (TPSA) is 168 Å². The van der Waals surface area contributed by atoms with Crippen LogP contribution in [0.3, 0.4) is 0 Å². The van der Waals surface area contributed by atoms with E-state index in [1.165, 1.54) is 4.90 Å². The first kappa shape index (κ1) is 22.1. The summed E-state index contributed by atoms with van der Waals surface area (Å²) < 4.78 is 0. The summed E-state index contributed by atoms with van der Waals surface area (Å²) in [5.41, 5.74) is -1.49. The molecule has 0 bridgehead atoms. The summed E-state index contributed by atoms with van der Waals surface area (Å²) in [6.07, 6.45) is 1.44. The Hall–Kier alpha value is -3.61. The Labute approximate surface area is 176 Å². The van der Waals surface area contributed by atoms with E-state index >= 15 is 0 Å². The minimum atomic E-state index is -0.852. The summed E-state index contributed by atoms with van der Waals surface area (Å²) in [7, 11) is 0. The van der Waals surface area contributed by atoms with E-state index < -0.39 is 33.2 Å². The van der Waals surface area contributed by atoms with Crippen molar-refractivity contribution >= 4 is 29.1 Å². The Morgan fingerprint density at radius 3 is 2.42 bits per heavy atom. The zero-order valence-corrected chi connectivity index (χ0v) is 16.6. The van der Waals surface area contributed by atoms with Gasteiger partial charge in [0.05, 0.1) is 28.5 Å². The van der Waals surface area contributed by atoms with Gasteiger partial charge in [0.1, 0.15) is 5.56 Å². The fourth-order valence-electron chi connectivity index (χ4n) is 3.77. The van der Waals surface area contributed by atoms with Crippen LogP contribution in [0.15, 0.2) is 18.2 Å². The lowest BCUT2D eigenvalue weighted by Crippen LogP contribution is -2.51. The average molecular weight is 434 g/mol. The van der Waals surface area contributed by atoms with E-state index in [-0.39, 0.29) is 50.1 Å². The molecule has 2 N–H and O–H groups in total. The number of hydrogen-bond acceptors (Lipinski definition) is 8. The highest BCUT2D eigenvalue weighted by Crippen LogP contribution is 2.26. The molecule has 2 saturated heterocycles. The number of carbonyl (C=O) groups excluding carboxylic acids is 3. The molecular formula is C18H22N6O7. The number of nitrogens with zero attached hydrogens (tertiary/aromatic N) is 4. The number of hydrogen-bond donors (Lipinski definition) is 2. The van der Waals surface area contributed by atoms with Crippen molar-refractivity contribution in [3.63, 3.8) is 0 Å². The molecular weight excluding hydrogens is 412 g/mol. The number of fused-ring (bicyclic) bond motifs is 1. The van der Waals surface area contributed by atoms with Crippen molar-refractivity contribution in [3.05, 3.63) is 44.0 Å². The van der Waals surface area contributed by atoms with Gasteiger partial charge in [-0.1, -0.05) is 0 Å². The molecule has 0 aromatic heterocycles. The number of nitrogens with one attached hydrogen (secondary N) is 2. The largest absolute Gasteiger partial charge is 0.353 e. The lowest BCUT2D eigenvalue weighted by Gasteiger charge is -2.27. The molecule has 13 nitrogen and oxygen atoms in total. The minimum Gasteiger partial charge on any atom is -0.353 e. The van der Waals surface area contributed by atoms with E-state index in [1.54, 1.807) is 0 Å². The molecule has 2 heterocycles. The van der Waals surface area contributed by atoms with Crippen LogP contribution in [-0.2, 0) is 9.59 Å². The molecule has 0 aliphatic carbocycles. The van der Waals surface area contributed by atoms with E-state index in [9.17, 15) is 34.6 Å². The SMILES string of the molecule is O=C1CN2CCC[C@H]2C(=O)NCCN(C(=O)c2ccc([N+](=O)[O-])cc2[N+](=O)[O-])CCN1. The second kappa shape index (κ2) is 9.47. The second-order valence-corrected chi connectivity index (χ2v) is 7.28. The lowest BCUT2D eigenvalue weighted by atomic mass is 10.1. The van der Waals surface area contributed by atoms with E-state index in [2.05, 4.69) is 10.6 Å². The van der Waals surface area contributed by atoms with E-state index in [4.69, 9.17) is 0 Å². The van der Waals surface area contributed by atoms with E-state index in [0.29, 0.717) is 13.0 Å². The number of nitro groups is 2. The molecule has 2 aliphatic rings. The first-order chi connectivity index (χ1) is 14.8. The van der Waals surface area contributed by atoms with Crippen molar-refractivity contribution in [2.75, 3.05) is 39.3 Å².